The molecule has 0 heterocycles. The number of carboxylic acids is 1. The molecule has 0 aliphatic rings. The number of hydrogen-bond acceptors (Lipinski definition) is 5. The van der Waals surface area contributed by atoms with E-state index in [1.165, 1.54) is 12.1 Å². The summed E-state index contributed by atoms with van der Waals surface area (Å²) >= 11 is 0. The summed E-state index contributed by atoms with van der Waals surface area (Å²) in [5.74, 6) is -1.25. The summed E-state index contributed by atoms with van der Waals surface area (Å²) < 4.78 is 11.0. The predicted molar refractivity (Wildman–Crippen MR) is 88.4 cm³/mol. The normalized spacial score (nSPS) is 13.0. The van der Waals surface area contributed by atoms with Crippen molar-refractivity contribution in [1.82, 2.24) is 0 Å². The minimum atomic E-state index is -1.36. The lowest BCUT2D eigenvalue weighted by molar-refractivity contribution is -0.385. The van der Waals surface area contributed by atoms with Crippen LogP contribution in [0.25, 0.3) is 0 Å². The number of nitro groups is 1. The highest BCUT2D eigenvalue weighted by molar-refractivity contribution is 6.48. The van der Waals surface area contributed by atoms with E-state index in [2.05, 4.69) is 0 Å². The second kappa shape index (κ2) is 7.56. The molecule has 0 bridgehead atoms. The standard InChI is InChI=1S/C15H23NO6Si/c1-15(2,3)14(22-23(4)5)10-6-7-12(21-9-13(17)18)11(8-10)16(19)20/h6-8,14,23H,9H2,1-5H3,(H,17,18). The summed E-state index contributed by atoms with van der Waals surface area (Å²) in [5, 5.41) is 19.9. The third-order valence-corrected chi connectivity index (χ3v) is 3.84. The number of nitro benzene ring substituents is 1. The van der Waals surface area contributed by atoms with Crippen LogP contribution in [-0.4, -0.2) is 31.6 Å². The van der Waals surface area contributed by atoms with Gasteiger partial charge in [0.1, 0.15) is 0 Å². The Morgan fingerprint density at radius 2 is 2.00 bits per heavy atom. The molecule has 1 aromatic carbocycles. The van der Waals surface area contributed by atoms with Gasteiger partial charge in [-0.3, -0.25) is 10.1 Å². The third kappa shape index (κ3) is 5.64. The number of carboxylic acid groups (broad SMARTS) is 1. The molecule has 0 saturated heterocycles. The Morgan fingerprint density at radius 1 is 1.39 bits per heavy atom. The summed E-state index contributed by atoms with van der Waals surface area (Å²) in [6.45, 7) is 9.48. The quantitative estimate of drug-likeness (QED) is 0.465. The van der Waals surface area contributed by atoms with Gasteiger partial charge < -0.3 is 14.3 Å². The molecule has 0 aliphatic carbocycles. The fraction of sp³-hybridized carbons (Fsp3) is 0.533. The number of hydrogen-bond donors (Lipinski definition) is 1. The van der Waals surface area contributed by atoms with Crippen molar-refractivity contribution in [3.8, 4) is 5.75 Å². The van der Waals surface area contributed by atoms with E-state index < -0.39 is 26.5 Å². The molecule has 0 saturated carbocycles. The summed E-state index contributed by atoms with van der Waals surface area (Å²) in [6, 6.07) is 4.53. The molecule has 1 rings (SSSR count). The van der Waals surface area contributed by atoms with E-state index in [9.17, 15) is 14.9 Å². The Kier molecular flexibility index (Phi) is 6.28. The molecule has 23 heavy (non-hydrogen) atoms. The van der Waals surface area contributed by atoms with Crippen LogP contribution in [0.15, 0.2) is 18.2 Å². The van der Waals surface area contributed by atoms with Crippen LogP contribution in [0.3, 0.4) is 0 Å². The molecule has 7 nitrogen and oxygen atoms in total. The van der Waals surface area contributed by atoms with Crippen LogP contribution in [0.5, 0.6) is 5.75 Å². The van der Waals surface area contributed by atoms with Crippen molar-refractivity contribution >= 4 is 20.7 Å². The molecule has 0 fully saturated rings. The van der Waals surface area contributed by atoms with E-state index in [4.69, 9.17) is 14.3 Å². The van der Waals surface area contributed by atoms with Crippen LogP contribution in [0.4, 0.5) is 5.69 Å². The van der Waals surface area contributed by atoms with Gasteiger partial charge in [0.25, 0.3) is 0 Å². The molecule has 1 atom stereocenters. The molecule has 0 spiro atoms. The molecule has 0 aromatic heterocycles. The number of rotatable bonds is 7. The van der Waals surface area contributed by atoms with Crippen LogP contribution < -0.4 is 4.74 Å². The molecule has 1 aromatic rings. The summed E-state index contributed by atoms with van der Waals surface area (Å²) in [5.41, 5.74) is 0.203. The van der Waals surface area contributed by atoms with Gasteiger partial charge in [-0.05, 0) is 30.1 Å². The second-order valence-electron chi connectivity index (χ2n) is 6.60. The van der Waals surface area contributed by atoms with E-state index in [-0.39, 0.29) is 23.0 Å². The van der Waals surface area contributed by atoms with Crippen molar-refractivity contribution in [2.24, 2.45) is 5.41 Å². The SMILES string of the molecule is C[SiH](C)OC(c1ccc(OCC(=O)O)c([N+](=O)[O-])c1)C(C)(C)C. The number of carbonyl (C=O) groups is 1. The van der Waals surface area contributed by atoms with Gasteiger partial charge in [0.2, 0.25) is 0 Å². The van der Waals surface area contributed by atoms with Crippen molar-refractivity contribution in [2.75, 3.05) is 6.61 Å². The Labute approximate surface area is 137 Å². The maximum absolute atomic E-state index is 11.3. The lowest BCUT2D eigenvalue weighted by Gasteiger charge is -2.33. The van der Waals surface area contributed by atoms with Crippen LogP contribution in [-0.2, 0) is 9.22 Å². The van der Waals surface area contributed by atoms with Gasteiger partial charge in [-0.2, -0.15) is 0 Å². The van der Waals surface area contributed by atoms with Crippen molar-refractivity contribution in [3.63, 3.8) is 0 Å². The zero-order valence-electron chi connectivity index (χ0n) is 14.0. The van der Waals surface area contributed by atoms with Gasteiger partial charge >= 0.3 is 11.7 Å². The first kappa shape index (κ1) is 19.1. The van der Waals surface area contributed by atoms with E-state index in [1.807, 2.05) is 33.9 Å². The Morgan fingerprint density at radius 3 is 2.43 bits per heavy atom. The molecule has 0 aliphatic heterocycles. The monoisotopic (exact) mass is 341 g/mol. The topological polar surface area (TPSA) is 98.9 Å². The van der Waals surface area contributed by atoms with E-state index >= 15 is 0 Å². The smallest absolute Gasteiger partial charge is 0.341 e. The third-order valence-electron chi connectivity index (χ3n) is 3.03. The fourth-order valence-electron chi connectivity index (χ4n) is 2.16. The van der Waals surface area contributed by atoms with Gasteiger partial charge in [0.15, 0.2) is 21.4 Å². The first-order valence-corrected chi connectivity index (χ1v) is 10.1. The molecule has 1 N–H and O–H groups in total. The first-order chi connectivity index (χ1) is 10.5. The highest BCUT2D eigenvalue weighted by atomic mass is 28.3. The number of aliphatic carboxylic acids is 1. The first-order valence-electron chi connectivity index (χ1n) is 7.30. The van der Waals surface area contributed by atoms with Crippen molar-refractivity contribution in [1.29, 1.82) is 0 Å². The minimum Gasteiger partial charge on any atom is -0.479 e. The van der Waals surface area contributed by atoms with E-state index in [0.29, 0.717) is 5.56 Å². The summed E-state index contributed by atoms with van der Waals surface area (Å²) in [4.78, 5) is 21.3. The Balaban J connectivity index is 3.23. The average Bonchev–Trinajstić information content (AvgIpc) is 2.41. The predicted octanol–water partition coefficient (Wildman–Crippen LogP) is 3.15. The average molecular weight is 341 g/mol. The minimum absolute atomic E-state index is 0.0596. The molecule has 1 unspecified atom stereocenters. The molecule has 0 radical (unpaired) electrons. The van der Waals surface area contributed by atoms with Crippen LogP contribution in [0, 0.1) is 15.5 Å². The molecular formula is C15H23NO6Si. The van der Waals surface area contributed by atoms with Gasteiger partial charge in [-0.1, -0.05) is 26.8 Å². The summed E-state index contributed by atoms with van der Waals surface area (Å²) in [6.07, 6.45) is -0.276. The van der Waals surface area contributed by atoms with E-state index in [1.54, 1.807) is 6.07 Å². The maximum atomic E-state index is 11.3. The largest absolute Gasteiger partial charge is 0.479 e. The molecule has 128 valence electrons. The maximum Gasteiger partial charge on any atom is 0.341 e. The number of nitrogens with zero attached hydrogens (tertiary/aromatic N) is 1. The van der Waals surface area contributed by atoms with Crippen LogP contribution in [0.1, 0.15) is 32.4 Å². The van der Waals surface area contributed by atoms with Crippen molar-refractivity contribution < 1.29 is 24.0 Å². The Bertz CT molecular complexity index is 582. The zero-order chi connectivity index (χ0) is 17.8. The van der Waals surface area contributed by atoms with Gasteiger partial charge in [0.05, 0.1) is 11.0 Å². The van der Waals surface area contributed by atoms with E-state index in [0.717, 1.165) is 0 Å². The van der Waals surface area contributed by atoms with Crippen LogP contribution >= 0.6 is 0 Å². The fourth-order valence-corrected chi connectivity index (χ4v) is 3.27. The summed E-state index contributed by atoms with van der Waals surface area (Å²) in [7, 11) is -1.36. The number of ether oxygens (including phenoxy) is 1. The van der Waals surface area contributed by atoms with Crippen molar-refractivity contribution in [3.05, 3.63) is 33.9 Å². The highest BCUT2D eigenvalue weighted by Crippen LogP contribution is 2.39. The van der Waals surface area contributed by atoms with Gasteiger partial charge in [-0.25, -0.2) is 4.79 Å². The van der Waals surface area contributed by atoms with Crippen molar-refractivity contribution in [2.45, 2.75) is 40.0 Å². The highest BCUT2D eigenvalue weighted by Gasteiger charge is 2.30. The van der Waals surface area contributed by atoms with Gasteiger partial charge in [-0.15, -0.1) is 0 Å². The molecular weight excluding hydrogens is 318 g/mol. The molecule has 8 heteroatoms. The van der Waals surface area contributed by atoms with Crippen LogP contribution in [0.2, 0.25) is 13.1 Å². The van der Waals surface area contributed by atoms with Gasteiger partial charge in [0, 0.05) is 6.07 Å². The lowest BCUT2D eigenvalue weighted by atomic mass is 9.84. The zero-order valence-corrected chi connectivity index (χ0v) is 15.2. The lowest BCUT2D eigenvalue weighted by Crippen LogP contribution is -2.26. The molecule has 0 amide bonds. The Hall–Kier alpha value is -1.93. The second-order valence-corrected chi connectivity index (χ2v) is 8.97. The number of benzene rings is 1.